The van der Waals surface area contributed by atoms with Gasteiger partial charge in [0.25, 0.3) is 0 Å². The number of aromatic nitrogens is 3. The SMILES string of the molecule is ClCc1cn2c(-c3ccncc3)csc2n1. The van der Waals surface area contributed by atoms with Gasteiger partial charge in [-0.2, -0.15) is 0 Å². The van der Waals surface area contributed by atoms with Crippen LogP contribution in [0.3, 0.4) is 0 Å². The molecule has 0 bridgehead atoms. The second-order valence-corrected chi connectivity index (χ2v) is 4.48. The largest absolute Gasteiger partial charge is 0.290 e. The molecule has 0 fully saturated rings. The third-order valence-corrected chi connectivity index (χ3v) is 3.49. The van der Waals surface area contributed by atoms with Gasteiger partial charge in [-0.3, -0.25) is 9.38 Å². The van der Waals surface area contributed by atoms with E-state index in [2.05, 4.69) is 19.7 Å². The standard InChI is InChI=1S/C11H8ClN3S/c12-5-9-6-15-10(7-16-11(15)14-9)8-1-3-13-4-2-8/h1-4,6-7H,5H2. The quantitative estimate of drug-likeness (QED) is 0.653. The summed E-state index contributed by atoms with van der Waals surface area (Å²) in [7, 11) is 0. The lowest BCUT2D eigenvalue weighted by molar-refractivity contribution is 1.21. The molecule has 0 unspecified atom stereocenters. The average molecular weight is 250 g/mol. The molecular formula is C11H8ClN3S. The van der Waals surface area contributed by atoms with Gasteiger partial charge in [-0.1, -0.05) is 0 Å². The number of nitrogens with zero attached hydrogens (tertiary/aromatic N) is 3. The van der Waals surface area contributed by atoms with Crippen LogP contribution in [-0.4, -0.2) is 14.4 Å². The van der Waals surface area contributed by atoms with E-state index in [-0.39, 0.29) is 0 Å². The Bertz CT molecular complexity index is 614. The third-order valence-electron chi connectivity index (χ3n) is 2.37. The van der Waals surface area contributed by atoms with Crippen LogP contribution in [0.5, 0.6) is 0 Å². The number of imidazole rings is 1. The van der Waals surface area contributed by atoms with Gasteiger partial charge in [-0.15, -0.1) is 22.9 Å². The highest BCUT2D eigenvalue weighted by Crippen LogP contribution is 2.25. The van der Waals surface area contributed by atoms with Crippen LogP contribution in [0.1, 0.15) is 5.69 Å². The van der Waals surface area contributed by atoms with E-state index >= 15 is 0 Å². The van der Waals surface area contributed by atoms with Crippen molar-refractivity contribution in [1.82, 2.24) is 14.4 Å². The fourth-order valence-corrected chi connectivity index (χ4v) is 2.66. The van der Waals surface area contributed by atoms with E-state index in [9.17, 15) is 0 Å². The minimum Gasteiger partial charge on any atom is -0.290 e. The van der Waals surface area contributed by atoms with Crippen molar-refractivity contribution < 1.29 is 0 Å². The molecule has 0 aliphatic carbocycles. The van der Waals surface area contributed by atoms with Crippen molar-refractivity contribution in [2.75, 3.05) is 0 Å². The van der Waals surface area contributed by atoms with Crippen molar-refractivity contribution in [2.45, 2.75) is 5.88 Å². The van der Waals surface area contributed by atoms with Gasteiger partial charge in [0.05, 0.1) is 17.3 Å². The zero-order chi connectivity index (χ0) is 11.0. The Hall–Kier alpha value is -1.39. The van der Waals surface area contributed by atoms with Gasteiger partial charge in [0.1, 0.15) is 0 Å². The number of hydrogen-bond donors (Lipinski definition) is 0. The van der Waals surface area contributed by atoms with Crippen molar-refractivity contribution >= 4 is 27.9 Å². The van der Waals surface area contributed by atoms with Crippen molar-refractivity contribution in [3.05, 3.63) is 41.8 Å². The summed E-state index contributed by atoms with van der Waals surface area (Å²) in [5.41, 5.74) is 3.18. The van der Waals surface area contributed by atoms with Crippen LogP contribution < -0.4 is 0 Å². The van der Waals surface area contributed by atoms with Crippen molar-refractivity contribution in [3.8, 4) is 11.3 Å². The predicted octanol–water partition coefficient (Wildman–Crippen LogP) is 3.20. The summed E-state index contributed by atoms with van der Waals surface area (Å²) in [6.45, 7) is 0. The molecule has 5 heteroatoms. The molecule has 3 nitrogen and oxygen atoms in total. The maximum atomic E-state index is 5.77. The normalized spacial score (nSPS) is 11.1. The number of fused-ring (bicyclic) bond motifs is 1. The molecule has 3 aromatic rings. The highest BCUT2D eigenvalue weighted by molar-refractivity contribution is 7.15. The first-order chi connectivity index (χ1) is 7.88. The van der Waals surface area contributed by atoms with Gasteiger partial charge in [0.15, 0.2) is 4.96 Å². The number of rotatable bonds is 2. The minimum atomic E-state index is 0.449. The van der Waals surface area contributed by atoms with E-state index < -0.39 is 0 Å². The fraction of sp³-hybridized carbons (Fsp3) is 0.0909. The maximum absolute atomic E-state index is 5.77. The molecule has 0 aromatic carbocycles. The topological polar surface area (TPSA) is 30.2 Å². The molecule has 0 amide bonds. The molecule has 0 aliphatic rings. The monoisotopic (exact) mass is 249 g/mol. The van der Waals surface area contributed by atoms with Gasteiger partial charge in [-0.05, 0) is 12.1 Å². The second kappa shape index (κ2) is 3.88. The number of halogens is 1. The summed E-state index contributed by atoms with van der Waals surface area (Å²) in [6.07, 6.45) is 5.56. The molecule has 0 spiro atoms. The smallest absolute Gasteiger partial charge is 0.194 e. The first kappa shape index (κ1) is 9.81. The number of hydrogen-bond acceptors (Lipinski definition) is 3. The number of thiazole rings is 1. The van der Waals surface area contributed by atoms with Crippen molar-refractivity contribution in [3.63, 3.8) is 0 Å². The van der Waals surface area contributed by atoms with Gasteiger partial charge in [0, 0.05) is 29.5 Å². The highest BCUT2D eigenvalue weighted by Gasteiger charge is 2.08. The highest BCUT2D eigenvalue weighted by atomic mass is 35.5. The van der Waals surface area contributed by atoms with Gasteiger partial charge in [-0.25, -0.2) is 4.98 Å². The van der Waals surface area contributed by atoms with Gasteiger partial charge >= 0.3 is 0 Å². The molecule has 3 heterocycles. The number of alkyl halides is 1. The van der Waals surface area contributed by atoms with E-state index in [0.29, 0.717) is 5.88 Å². The zero-order valence-electron chi connectivity index (χ0n) is 8.30. The molecule has 0 radical (unpaired) electrons. The van der Waals surface area contributed by atoms with E-state index in [1.807, 2.05) is 18.3 Å². The maximum Gasteiger partial charge on any atom is 0.194 e. The molecule has 0 N–H and O–H groups in total. The first-order valence-electron chi connectivity index (χ1n) is 4.80. The Balaban J connectivity index is 2.20. The molecular weight excluding hydrogens is 242 g/mol. The summed E-state index contributed by atoms with van der Waals surface area (Å²) < 4.78 is 2.07. The lowest BCUT2D eigenvalue weighted by Gasteiger charge is -1.97. The van der Waals surface area contributed by atoms with Gasteiger partial charge in [0.2, 0.25) is 0 Å². The molecule has 0 saturated carbocycles. The third kappa shape index (κ3) is 1.50. The lowest BCUT2D eigenvalue weighted by Crippen LogP contribution is -1.83. The Labute approximate surface area is 101 Å². The average Bonchev–Trinajstić information content (AvgIpc) is 2.88. The van der Waals surface area contributed by atoms with E-state index in [1.165, 1.54) is 0 Å². The molecule has 3 rings (SSSR count). The molecule has 0 aliphatic heterocycles. The second-order valence-electron chi connectivity index (χ2n) is 3.38. The summed E-state index contributed by atoms with van der Waals surface area (Å²) in [5, 5.41) is 2.09. The van der Waals surface area contributed by atoms with E-state index in [0.717, 1.165) is 21.9 Å². The minimum absolute atomic E-state index is 0.449. The molecule has 80 valence electrons. The van der Waals surface area contributed by atoms with Crippen LogP contribution in [-0.2, 0) is 5.88 Å². The molecule has 16 heavy (non-hydrogen) atoms. The molecule has 0 atom stereocenters. The molecule has 3 aromatic heterocycles. The van der Waals surface area contributed by atoms with Crippen LogP contribution in [0.4, 0.5) is 0 Å². The summed E-state index contributed by atoms with van der Waals surface area (Å²) >= 11 is 7.39. The Kier molecular flexibility index (Phi) is 2.38. The Morgan fingerprint density at radius 3 is 2.88 bits per heavy atom. The number of pyridine rings is 1. The van der Waals surface area contributed by atoms with Gasteiger partial charge < -0.3 is 0 Å². The van der Waals surface area contributed by atoms with Crippen LogP contribution in [0.25, 0.3) is 16.2 Å². The van der Waals surface area contributed by atoms with Crippen LogP contribution in [0.2, 0.25) is 0 Å². The van der Waals surface area contributed by atoms with Crippen LogP contribution in [0.15, 0.2) is 36.1 Å². The Morgan fingerprint density at radius 1 is 1.31 bits per heavy atom. The van der Waals surface area contributed by atoms with E-state index in [4.69, 9.17) is 11.6 Å². The van der Waals surface area contributed by atoms with Crippen LogP contribution in [0, 0.1) is 0 Å². The Morgan fingerprint density at radius 2 is 2.12 bits per heavy atom. The summed E-state index contributed by atoms with van der Waals surface area (Å²) in [5.74, 6) is 0.449. The van der Waals surface area contributed by atoms with Crippen molar-refractivity contribution in [1.29, 1.82) is 0 Å². The first-order valence-corrected chi connectivity index (χ1v) is 6.22. The summed E-state index contributed by atoms with van der Waals surface area (Å²) in [6, 6.07) is 3.98. The summed E-state index contributed by atoms with van der Waals surface area (Å²) in [4.78, 5) is 9.40. The predicted molar refractivity (Wildman–Crippen MR) is 65.9 cm³/mol. The zero-order valence-corrected chi connectivity index (χ0v) is 9.87. The van der Waals surface area contributed by atoms with Crippen molar-refractivity contribution in [2.24, 2.45) is 0 Å². The molecule has 0 saturated heterocycles. The van der Waals surface area contributed by atoms with E-state index in [1.54, 1.807) is 23.7 Å². The fourth-order valence-electron chi connectivity index (χ4n) is 1.63. The van der Waals surface area contributed by atoms with Crippen LogP contribution >= 0.6 is 22.9 Å². The lowest BCUT2D eigenvalue weighted by atomic mass is 10.2.